The van der Waals surface area contributed by atoms with E-state index in [1.807, 2.05) is 13.8 Å². The number of hydrogen-bond acceptors (Lipinski definition) is 4. The van der Waals surface area contributed by atoms with Gasteiger partial charge in [0.2, 0.25) is 0 Å². The van der Waals surface area contributed by atoms with E-state index in [-0.39, 0.29) is 23.0 Å². The zero-order chi connectivity index (χ0) is 24.5. The number of nitriles is 1. The van der Waals surface area contributed by atoms with E-state index in [0.29, 0.717) is 0 Å². The molecule has 1 aromatic heterocycles. The predicted octanol–water partition coefficient (Wildman–Crippen LogP) is 6.90. The smallest absolute Gasteiger partial charge is 0.111 e. The minimum absolute atomic E-state index is 0.0347. The van der Waals surface area contributed by atoms with Crippen LogP contribution in [-0.2, 0) is 22.2 Å². The Bertz CT molecular complexity index is 1150. The molecule has 1 fully saturated rings. The van der Waals surface area contributed by atoms with Crippen LogP contribution in [0.3, 0.4) is 0 Å². The molecule has 1 unspecified atom stereocenters. The van der Waals surface area contributed by atoms with E-state index in [0.717, 1.165) is 66.6 Å². The molecule has 3 aliphatic rings. The zero-order valence-electron chi connectivity index (χ0n) is 21.5. The molecular weight excluding hydrogens is 420 g/mol. The van der Waals surface area contributed by atoms with Gasteiger partial charge >= 0.3 is 0 Å². The summed E-state index contributed by atoms with van der Waals surface area (Å²) < 4.78 is 7.06. The molecule has 4 nitrogen and oxygen atoms in total. The Labute approximate surface area is 204 Å². The van der Waals surface area contributed by atoms with Gasteiger partial charge in [-0.25, -0.2) is 0 Å². The Balaban J connectivity index is 1.72. The van der Waals surface area contributed by atoms with Crippen LogP contribution in [0, 0.1) is 16.7 Å². The molecule has 4 heteroatoms. The van der Waals surface area contributed by atoms with E-state index in [1.165, 1.54) is 11.1 Å². The average molecular weight is 459 g/mol. The monoisotopic (exact) mass is 458 g/mol. The summed E-state index contributed by atoms with van der Waals surface area (Å²) >= 11 is 0. The summed E-state index contributed by atoms with van der Waals surface area (Å²) in [6.07, 6.45) is 5.26. The van der Waals surface area contributed by atoms with Crippen LogP contribution in [0.1, 0.15) is 131 Å². The van der Waals surface area contributed by atoms with E-state index in [1.54, 1.807) is 0 Å². The maximum absolute atomic E-state index is 11.4. The van der Waals surface area contributed by atoms with Gasteiger partial charge in [0.1, 0.15) is 6.10 Å². The van der Waals surface area contributed by atoms with Gasteiger partial charge in [-0.05, 0) is 67.6 Å². The molecule has 2 heterocycles. The van der Waals surface area contributed by atoms with Crippen molar-refractivity contribution >= 4 is 0 Å². The minimum Gasteiger partial charge on any atom is -0.388 e. The first kappa shape index (κ1) is 23.5. The van der Waals surface area contributed by atoms with Crippen molar-refractivity contribution in [1.29, 1.82) is 5.26 Å². The molecule has 2 atom stereocenters. The van der Waals surface area contributed by atoms with Crippen molar-refractivity contribution in [1.82, 2.24) is 4.98 Å². The van der Waals surface area contributed by atoms with Gasteiger partial charge in [-0.2, -0.15) is 5.26 Å². The first-order chi connectivity index (χ1) is 16.0. The van der Waals surface area contributed by atoms with E-state index < -0.39 is 11.5 Å². The SMILES string of the molecule is CC(C)c1nc2c(c3c1[C@@H](c1ccc(C(C)(C)C#N)cc1)OC31CCCC1)C(O)CC(C)(C)C2. The van der Waals surface area contributed by atoms with Crippen LogP contribution >= 0.6 is 0 Å². The van der Waals surface area contributed by atoms with Crippen LogP contribution in [0.15, 0.2) is 24.3 Å². The van der Waals surface area contributed by atoms with Gasteiger partial charge in [0.15, 0.2) is 0 Å². The number of aromatic nitrogens is 1. The van der Waals surface area contributed by atoms with Gasteiger partial charge in [-0.1, -0.05) is 64.8 Å². The summed E-state index contributed by atoms with van der Waals surface area (Å²) in [5, 5.41) is 21.0. The molecule has 0 amide bonds. The van der Waals surface area contributed by atoms with E-state index >= 15 is 0 Å². The van der Waals surface area contributed by atoms with E-state index in [4.69, 9.17) is 9.72 Å². The average Bonchev–Trinajstić information content (AvgIpc) is 3.38. The van der Waals surface area contributed by atoms with Crippen molar-refractivity contribution in [2.75, 3.05) is 0 Å². The Morgan fingerprint density at radius 3 is 2.35 bits per heavy atom. The van der Waals surface area contributed by atoms with Crippen molar-refractivity contribution in [3.05, 3.63) is 63.5 Å². The second-order valence-electron chi connectivity index (χ2n) is 12.4. The highest BCUT2D eigenvalue weighted by Gasteiger charge is 2.52. The molecule has 1 spiro atoms. The molecule has 2 aromatic rings. The van der Waals surface area contributed by atoms with Crippen molar-refractivity contribution in [2.45, 2.75) is 109 Å². The third-order valence-corrected chi connectivity index (χ3v) is 8.34. The number of nitrogens with zero attached hydrogens (tertiary/aromatic N) is 2. The topological polar surface area (TPSA) is 66.1 Å². The maximum atomic E-state index is 11.4. The first-order valence-electron chi connectivity index (χ1n) is 12.9. The van der Waals surface area contributed by atoms with Crippen molar-refractivity contribution in [3.8, 4) is 6.07 Å². The lowest BCUT2D eigenvalue weighted by Gasteiger charge is -2.38. The molecule has 0 radical (unpaired) electrons. The van der Waals surface area contributed by atoms with Gasteiger partial charge in [-0.3, -0.25) is 4.98 Å². The Kier molecular flexibility index (Phi) is 5.47. The second-order valence-corrected chi connectivity index (χ2v) is 12.4. The zero-order valence-corrected chi connectivity index (χ0v) is 21.5. The highest BCUT2D eigenvalue weighted by molar-refractivity contribution is 5.54. The molecule has 5 rings (SSSR count). The Hall–Kier alpha value is -2.22. The molecule has 180 valence electrons. The normalized spacial score (nSPS) is 24.8. The first-order valence-corrected chi connectivity index (χ1v) is 12.9. The molecule has 0 bridgehead atoms. The predicted molar refractivity (Wildman–Crippen MR) is 134 cm³/mol. The van der Waals surface area contributed by atoms with Gasteiger partial charge in [0.25, 0.3) is 0 Å². The molecule has 34 heavy (non-hydrogen) atoms. The second kappa shape index (κ2) is 7.90. The summed E-state index contributed by atoms with van der Waals surface area (Å²) in [4.78, 5) is 5.25. The lowest BCUT2D eigenvalue weighted by molar-refractivity contribution is -0.0580. The number of hydrogen-bond donors (Lipinski definition) is 1. The third-order valence-electron chi connectivity index (χ3n) is 8.34. The lowest BCUT2D eigenvalue weighted by atomic mass is 9.70. The molecule has 2 aliphatic carbocycles. The summed E-state index contributed by atoms with van der Waals surface area (Å²) in [5.41, 5.74) is 7.01. The van der Waals surface area contributed by atoms with E-state index in [2.05, 4.69) is 58.0 Å². The lowest BCUT2D eigenvalue weighted by Crippen LogP contribution is -2.32. The molecule has 0 saturated heterocycles. The standard InChI is InChI=1S/C30H38N2O2/c1-18(2)26-24-25(23-21(32-26)15-28(3,4)16-22(23)33)30(13-7-8-14-30)34-27(24)19-9-11-20(12-10-19)29(5,6)17-31/h9-12,18,22,27,33H,7-8,13-16H2,1-6H3/t22?,27-/m1/s1. The Morgan fingerprint density at radius 2 is 1.76 bits per heavy atom. The number of ether oxygens (including phenoxy) is 1. The van der Waals surface area contributed by atoms with Gasteiger partial charge < -0.3 is 9.84 Å². The summed E-state index contributed by atoms with van der Waals surface area (Å²) in [6.45, 7) is 12.8. The fraction of sp³-hybridized carbons (Fsp3) is 0.600. The molecule has 1 saturated carbocycles. The van der Waals surface area contributed by atoms with Crippen LogP contribution < -0.4 is 0 Å². The number of pyridine rings is 1. The summed E-state index contributed by atoms with van der Waals surface area (Å²) in [5.74, 6) is 0.265. The molecular formula is C30H38N2O2. The highest BCUT2D eigenvalue weighted by atomic mass is 16.5. The van der Waals surface area contributed by atoms with Gasteiger partial charge in [-0.15, -0.1) is 0 Å². The number of fused-ring (bicyclic) bond motifs is 4. The van der Waals surface area contributed by atoms with E-state index in [9.17, 15) is 10.4 Å². The van der Waals surface area contributed by atoms with Crippen LogP contribution in [0.2, 0.25) is 0 Å². The third kappa shape index (κ3) is 3.60. The molecule has 1 N–H and O–H groups in total. The maximum Gasteiger partial charge on any atom is 0.111 e. The number of aliphatic hydroxyl groups excluding tert-OH is 1. The molecule has 1 aliphatic heterocycles. The van der Waals surface area contributed by atoms with Crippen molar-refractivity contribution < 1.29 is 9.84 Å². The Morgan fingerprint density at radius 1 is 1.12 bits per heavy atom. The highest BCUT2D eigenvalue weighted by Crippen LogP contribution is 2.59. The van der Waals surface area contributed by atoms with Crippen LogP contribution in [0.25, 0.3) is 0 Å². The van der Waals surface area contributed by atoms with Crippen LogP contribution in [0.5, 0.6) is 0 Å². The number of benzene rings is 1. The quantitative estimate of drug-likeness (QED) is 0.543. The number of aliphatic hydroxyl groups is 1. The van der Waals surface area contributed by atoms with Crippen molar-refractivity contribution in [2.24, 2.45) is 5.41 Å². The van der Waals surface area contributed by atoms with Crippen LogP contribution in [0.4, 0.5) is 0 Å². The molecule has 1 aromatic carbocycles. The summed E-state index contributed by atoms with van der Waals surface area (Å²) in [7, 11) is 0. The van der Waals surface area contributed by atoms with Crippen LogP contribution in [-0.4, -0.2) is 10.1 Å². The minimum atomic E-state index is -0.527. The fourth-order valence-corrected chi connectivity index (χ4v) is 6.56. The summed E-state index contributed by atoms with van der Waals surface area (Å²) in [6, 6.07) is 10.8. The van der Waals surface area contributed by atoms with Crippen molar-refractivity contribution in [3.63, 3.8) is 0 Å². The largest absolute Gasteiger partial charge is 0.388 e. The van der Waals surface area contributed by atoms with Gasteiger partial charge in [0, 0.05) is 22.5 Å². The fourth-order valence-electron chi connectivity index (χ4n) is 6.56. The number of rotatable bonds is 3. The van der Waals surface area contributed by atoms with Gasteiger partial charge in [0.05, 0.1) is 23.2 Å².